The summed E-state index contributed by atoms with van der Waals surface area (Å²) in [4.78, 5) is 4.95. The van der Waals surface area contributed by atoms with Crippen LogP contribution in [0.3, 0.4) is 0 Å². The second-order valence-corrected chi connectivity index (χ2v) is 10.2. The van der Waals surface area contributed by atoms with Crippen molar-refractivity contribution in [1.82, 2.24) is 14.7 Å². The van der Waals surface area contributed by atoms with Crippen molar-refractivity contribution in [3.05, 3.63) is 60.2 Å². The fraction of sp³-hybridized carbons (Fsp3) is 0.391. The van der Waals surface area contributed by atoms with E-state index in [1.54, 1.807) is 23.7 Å². The van der Waals surface area contributed by atoms with E-state index in [2.05, 4.69) is 41.1 Å². The molecule has 1 unspecified atom stereocenters. The second-order valence-electron chi connectivity index (χ2n) is 8.29. The number of piperazine rings is 1. The van der Waals surface area contributed by atoms with Gasteiger partial charge < -0.3 is 20.1 Å². The molecule has 0 aliphatic carbocycles. The molecule has 2 aliphatic heterocycles. The predicted octanol–water partition coefficient (Wildman–Crippen LogP) is 1.72. The molecule has 1 fully saturated rings. The Labute approximate surface area is 189 Å². The third kappa shape index (κ3) is 4.88. The Morgan fingerprint density at radius 3 is 2.03 bits per heavy atom. The lowest BCUT2D eigenvalue weighted by molar-refractivity contribution is 0.0217. The van der Waals surface area contributed by atoms with Crippen molar-refractivity contribution in [3.63, 3.8) is 0 Å². The third-order valence-electron chi connectivity index (χ3n) is 6.24. The molecule has 4 rings (SSSR count). The molecule has 2 aromatic carbocycles. The van der Waals surface area contributed by atoms with Gasteiger partial charge in [0.25, 0.3) is 0 Å². The fourth-order valence-electron chi connectivity index (χ4n) is 4.11. The number of benzene rings is 2. The number of anilines is 1. The van der Waals surface area contributed by atoms with Crippen LogP contribution in [0.5, 0.6) is 0 Å². The number of nitrogens with zero attached hydrogens (tertiary/aromatic N) is 3. The van der Waals surface area contributed by atoms with Crippen LogP contribution in [0.1, 0.15) is 6.42 Å². The molecule has 3 N–H and O–H groups in total. The van der Waals surface area contributed by atoms with E-state index >= 15 is 0 Å². The van der Waals surface area contributed by atoms with E-state index in [1.165, 1.54) is 9.99 Å². The average molecular weight is 459 g/mol. The summed E-state index contributed by atoms with van der Waals surface area (Å²) in [6.45, 7) is 4.57. The summed E-state index contributed by atoms with van der Waals surface area (Å²) in [6.07, 6.45) is 0.818. The minimum atomic E-state index is -3.63. The smallest absolute Gasteiger partial charge is 0.243 e. The van der Waals surface area contributed by atoms with Gasteiger partial charge in [0.1, 0.15) is 6.23 Å². The number of hydroxylamine groups is 1. The molecule has 1 atom stereocenters. The molecule has 2 aliphatic rings. The van der Waals surface area contributed by atoms with Gasteiger partial charge in [0.05, 0.1) is 4.90 Å². The molecular weight excluding hydrogens is 428 g/mol. The van der Waals surface area contributed by atoms with Crippen molar-refractivity contribution in [1.29, 1.82) is 0 Å². The molecule has 172 valence electrons. The van der Waals surface area contributed by atoms with E-state index in [0.717, 1.165) is 37.3 Å². The summed E-state index contributed by atoms with van der Waals surface area (Å²) in [6, 6.07) is 15.4. The highest BCUT2D eigenvalue weighted by molar-refractivity contribution is 7.89. The predicted molar refractivity (Wildman–Crippen MR) is 124 cm³/mol. The van der Waals surface area contributed by atoms with E-state index in [0.29, 0.717) is 12.0 Å². The van der Waals surface area contributed by atoms with Gasteiger partial charge in [-0.25, -0.2) is 8.42 Å². The van der Waals surface area contributed by atoms with Crippen molar-refractivity contribution in [2.45, 2.75) is 17.5 Å². The summed E-state index contributed by atoms with van der Waals surface area (Å²) < 4.78 is 27.3. The van der Waals surface area contributed by atoms with Gasteiger partial charge in [0.15, 0.2) is 0 Å². The zero-order valence-corrected chi connectivity index (χ0v) is 19.0. The standard InChI is InChI=1S/C23H30N4O4S/c1-25-14-16-26(17-15-25)21-6-2-18(3-7-21)19-4-8-22(9-5-19)32(30,31)27-12-10-20(11-13-27)23(28)24-29/h2-10,23-24,28-29H,11-17H2,1H3. The van der Waals surface area contributed by atoms with Gasteiger partial charge in [-0.2, -0.15) is 9.79 Å². The first-order valence-corrected chi connectivity index (χ1v) is 12.2. The third-order valence-corrected chi connectivity index (χ3v) is 8.12. The number of likely N-dealkylation sites (N-methyl/N-ethyl adjacent to an activating group) is 1. The lowest BCUT2D eigenvalue weighted by atomic mass is 10.1. The SMILES string of the molecule is CN1CCN(c2ccc(-c3ccc(S(=O)(=O)N4CC=C(C(O)NO)CC4)cc3)cc2)CC1. The minimum Gasteiger partial charge on any atom is -0.373 e. The van der Waals surface area contributed by atoms with E-state index in [1.807, 2.05) is 12.1 Å². The molecule has 0 spiro atoms. The van der Waals surface area contributed by atoms with Crippen molar-refractivity contribution in [2.75, 3.05) is 51.2 Å². The Morgan fingerprint density at radius 2 is 1.50 bits per heavy atom. The maximum absolute atomic E-state index is 13.0. The fourth-order valence-corrected chi connectivity index (χ4v) is 5.49. The lowest BCUT2D eigenvalue weighted by Crippen LogP contribution is -2.44. The van der Waals surface area contributed by atoms with Crippen LogP contribution in [0.2, 0.25) is 0 Å². The molecular formula is C23H30N4O4S. The quantitative estimate of drug-likeness (QED) is 0.345. The van der Waals surface area contributed by atoms with E-state index in [4.69, 9.17) is 5.21 Å². The highest BCUT2D eigenvalue weighted by Crippen LogP contribution is 2.27. The summed E-state index contributed by atoms with van der Waals surface area (Å²) in [7, 11) is -1.49. The van der Waals surface area contributed by atoms with Crippen molar-refractivity contribution in [2.24, 2.45) is 0 Å². The van der Waals surface area contributed by atoms with Crippen LogP contribution in [0.4, 0.5) is 5.69 Å². The van der Waals surface area contributed by atoms with Crippen LogP contribution < -0.4 is 10.4 Å². The van der Waals surface area contributed by atoms with Crippen LogP contribution in [-0.4, -0.2) is 80.5 Å². The summed E-state index contributed by atoms with van der Waals surface area (Å²) in [5.74, 6) is 0. The molecule has 2 aromatic rings. The Kier molecular flexibility index (Phi) is 6.94. The number of rotatable bonds is 6. The zero-order valence-electron chi connectivity index (χ0n) is 18.2. The molecule has 0 saturated carbocycles. The summed E-state index contributed by atoms with van der Waals surface area (Å²) in [5.41, 5.74) is 5.58. The molecule has 0 radical (unpaired) electrons. The van der Waals surface area contributed by atoms with E-state index < -0.39 is 16.3 Å². The van der Waals surface area contributed by atoms with E-state index in [-0.39, 0.29) is 18.0 Å². The second kappa shape index (κ2) is 9.70. The van der Waals surface area contributed by atoms with Crippen molar-refractivity contribution in [3.8, 4) is 11.1 Å². The number of sulfonamides is 1. The maximum atomic E-state index is 13.0. The van der Waals surface area contributed by atoms with Gasteiger partial charge >= 0.3 is 0 Å². The van der Waals surface area contributed by atoms with E-state index in [9.17, 15) is 13.5 Å². The van der Waals surface area contributed by atoms with Crippen molar-refractivity contribution >= 4 is 15.7 Å². The minimum absolute atomic E-state index is 0.159. The van der Waals surface area contributed by atoms with Gasteiger partial charge in [0, 0.05) is 45.0 Å². The van der Waals surface area contributed by atoms with Crippen LogP contribution >= 0.6 is 0 Å². The average Bonchev–Trinajstić information content (AvgIpc) is 2.84. The lowest BCUT2D eigenvalue weighted by Gasteiger charge is -2.34. The van der Waals surface area contributed by atoms with Crippen molar-refractivity contribution < 1.29 is 18.7 Å². The van der Waals surface area contributed by atoms with Crippen LogP contribution in [-0.2, 0) is 10.0 Å². The molecule has 9 heteroatoms. The van der Waals surface area contributed by atoms with Crippen LogP contribution in [0, 0.1) is 0 Å². The van der Waals surface area contributed by atoms with Crippen LogP contribution in [0.25, 0.3) is 11.1 Å². The summed E-state index contributed by atoms with van der Waals surface area (Å²) in [5, 5.41) is 18.5. The van der Waals surface area contributed by atoms with Crippen LogP contribution in [0.15, 0.2) is 65.1 Å². The van der Waals surface area contributed by atoms with Gasteiger partial charge in [0.2, 0.25) is 10.0 Å². The molecule has 0 bridgehead atoms. The monoisotopic (exact) mass is 458 g/mol. The molecule has 32 heavy (non-hydrogen) atoms. The van der Waals surface area contributed by atoms with Gasteiger partial charge in [-0.1, -0.05) is 30.3 Å². The number of aliphatic hydroxyl groups excluding tert-OH is 1. The largest absolute Gasteiger partial charge is 0.373 e. The topological polar surface area (TPSA) is 96.4 Å². The summed E-state index contributed by atoms with van der Waals surface area (Å²) >= 11 is 0. The molecule has 8 nitrogen and oxygen atoms in total. The molecule has 0 aromatic heterocycles. The Bertz CT molecular complexity index is 1050. The molecule has 2 heterocycles. The Balaban J connectivity index is 1.44. The first-order chi connectivity index (χ1) is 15.4. The Hall–Kier alpha value is -2.27. The first-order valence-electron chi connectivity index (χ1n) is 10.8. The number of aliphatic hydroxyl groups is 1. The van der Waals surface area contributed by atoms with Gasteiger partial charge in [-0.15, -0.1) is 0 Å². The zero-order chi connectivity index (χ0) is 22.7. The highest BCUT2D eigenvalue weighted by atomic mass is 32.2. The number of nitrogens with one attached hydrogen (secondary N) is 1. The number of hydrogen-bond donors (Lipinski definition) is 3. The highest BCUT2D eigenvalue weighted by Gasteiger charge is 2.27. The van der Waals surface area contributed by atoms with Gasteiger partial charge in [-0.05, 0) is 54.4 Å². The number of hydrogen-bond acceptors (Lipinski definition) is 7. The normalized spacial score (nSPS) is 19.6. The first kappa shape index (κ1) is 22.9. The molecule has 0 amide bonds. The Morgan fingerprint density at radius 1 is 0.906 bits per heavy atom. The van der Waals surface area contributed by atoms with Gasteiger partial charge in [-0.3, -0.25) is 0 Å². The molecule has 1 saturated heterocycles. The maximum Gasteiger partial charge on any atom is 0.243 e.